The maximum atomic E-state index is 10.6. The molecule has 12 aliphatic rings. The van der Waals surface area contributed by atoms with Crippen LogP contribution < -0.4 is 0 Å². The van der Waals surface area contributed by atoms with Gasteiger partial charge < -0.3 is 28.4 Å². The minimum atomic E-state index is -0.410. The van der Waals surface area contributed by atoms with Gasteiger partial charge in [0.25, 0.3) is 0 Å². The van der Waals surface area contributed by atoms with Gasteiger partial charge in [-0.15, -0.1) is 0 Å². The minimum absolute atomic E-state index is 0.293. The Morgan fingerprint density at radius 1 is 0.431 bits per heavy atom. The maximum absolute atomic E-state index is 10.6. The normalized spacial score (nSPS) is 34.8. The van der Waals surface area contributed by atoms with E-state index >= 15 is 0 Å². The molecule has 0 saturated heterocycles. The van der Waals surface area contributed by atoms with Gasteiger partial charge in [-0.2, -0.15) is 0 Å². The van der Waals surface area contributed by atoms with Crippen molar-refractivity contribution in [3.05, 3.63) is 98.2 Å². The molecule has 10 nitrogen and oxygen atoms in total. The molecule has 8 bridgehead atoms. The summed E-state index contributed by atoms with van der Waals surface area (Å²) in [6.07, 6.45) is 46.1. The Balaban J connectivity index is 0.000000154. The number of hydrogen-bond acceptors (Lipinski definition) is 10. The quantitative estimate of drug-likeness (QED) is 0.0687. The van der Waals surface area contributed by atoms with E-state index in [4.69, 9.17) is 0 Å². The first-order valence-electron chi connectivity index (χ1n) is 27.5. The van der Waals surface area contributed by atoms with Crippen LogP contribution in [0.4, 0.5) is 0 Å². The summed E-state index contributed by atoms with van der Waals surface area (Å²) in [5.74, 6) is 15.9. The molecule has 0 aromatic rings. The number of ether oxygens (including phenoxy) is 6. The highest BCUT2D eigenvalue weighted by atomic mass is 16.6. The van der Waals surface area contributed by atoms with Gasteiger partial charge in [-0.3, -0.25) is 0 Å². The molecule has 12 aliphatic carbocycles. The van der Waals surface area contributed by atoms with Crippen LogP contribution >= 0.6 is 0 Å². The molecule has 10 heteroatoms. The van der Waals surface area contributed by atoms with Gasteiger partial charge in [0, 0.05) is 37.5 Å². The van der Waals surface area contributed by atoms with Gasteiger partial charge in [-0.05, 0) is 211 Å². The Morgan fingerprint density at radius 3 is 0.958 bits per heavy atom. The molecule has 8 saturated carbocycles. The first-order valence-corrected chi connectivity index (χ1v) is 27.5. The van der Waals surface area contributed by atoms with Crippen LogP contribution in [0.1, 0.15) is 117 Å². The Morgan fingerprint density at radius 2 is 0.736 bits per heavy atom. The van der Waals surface area contributed by atoms with Crippen LogP contribution in [0.5, 0.6) is 0 Å². The predicted octanol–water partition coefficient (Wildman–Crippen LogP) is 12.6. The fourth-order valence-electron chi connectivity index (χ4n) is 14.9. The molecule has 0 amide bonds. The minimum Gasteiger partial charge on any atom is -0.466 e. The third-order valence-corrected chi connectivity index (χ3v) is 18.2. The molecule has 16 unspecified atom stereocenters. The zero-order valence-electron chi connectivity index (χ0n) is 45.1. The summed E-state index contributed by atoms with van der Waals surface area (Å²) in [5.41, 5.74) is 0.846. The number of allylic oxidation sites excluding steroid dienone is 8. The molecule has 16 atom stereocenters. The van der Waals surface area contributed by atoms with Crippen molar-refractivity contribution >= 4 is 23.9 Å². The average Bonchev–Trinajstić information content (AvgIpc) is 4.23. The molecular formula is C62H92O10. The van der Waals surface area contributed by atoms with E-state index in [1.807, 2.05) is 0 Å². The van der Waals surface area contributed by atoms with Crippen molar-refractivity contribution in [2.24, 2.45) is 94.7 Å². The van der Waals surface area contributed by atoms with Gasteiger partial charge >= 0.3 is 23.9 Å². The molecule has 72 heavy (non-hydrogen) atoms. The Labute approximate surface area is 434 Å². The largest absolute Gasteiger partial charge is 0.466 e. The molecule has 400 valence electrons. The van der Waals surface area contributed by atoms with Gasteiger partial charge in [0.15, 0.2) is 0 Å². The molecule has 0 spiro atoms. The van der Waals surface area contributed by atoms with Crippen molar-refractivity contribution in [1.29, 1.82) is 0 Å². The van der Waals surface area contributed by atoms with Gasteiger partial charge in [-0.25, -0.2) is 19.2 Å². The lowest BCUT2D eigenvalue weighted by molar-refractivity contribution is -0.140. The zero-order valence-corrected chi connectivity index (χ0v) is 45.1. The summed E-state index contributed by atoms with van der Waals surface area (Å²) in [6.45, 7) is 17.8. The molecule has 0 aromatic heterocycles. The van der Waals surface area contributed by atoms with Crippen LogP contribution in [0.25, 0.3) is 0 Å². The molecule has 0 aliphatic heterocycles. The lowest BCUT2D eigenvalue weighted by Crippen LogP contribution is -2.16. The molecule has 8 fully saturated rings. The van der Waals surface area contributed by atoms with E-state index in [0.717, 1.165) is 107 Å². The lowest BCUT2D eigenvalue weighted by Gasteiger charge is -2.23. The van der Waals surface area contributed by atoms with E-state index < -0.39 is 11.9 Å². The predicted molar refractivity (Wildman–Crippen MR) is 286 cm³/mol. The van der Waals surface area contributed by atoms with Crippen LogP contribution in [-0.2, 0) is 47.6 Å². The first-order chi connectivity index (χ1) is 34.8. The smallest absolute Gasteiger partial charge is 0.333 e. The second-order valence-corrected chi connectivity index (χ2v) is 22.2. The average molecular weight is 997 g/mol. The van der Waals surface area contributed by atoms with E-state index in [1.54, 1.807) is 79.4 Å². The van der Waals surface area contributed by atoms with Gasteiger partial charge in [0.1, 0.15) is 13.2 Å². The second kappa shape index (κ2) is 30.2. The van der Waals surface area contributed by atoms with Crippen molar-refractivity contribution in [2.45, 2.75) is 117 Å². The van der Waals surface area contributed by atoms with E-state index in [0.29, 0.717) is 37.6 Å². The van der Waals surface area contributed by atoms with Crippen LogP contribution in [0.15, 0.2) is 98.2 Å². The van der Waals surface area contributed by atoms with Crippen molar-refractivity contribution in [3.63, 3.8) is 0 Å². The highest BCUT2D eigenvalue weighted by Crippen LogP contribution is 2.59. The highest BCUT2D eigenvalue weighted by molar-refractivity contribution is 5.87. The summed E-state index contributed by atoms with van der Waals surface area (Å²) in [6, 6.07) is 0. The Kier molecular flexibility index (Phi) is 24.6. The molecule has 0 aromatic carbocycles. The topological polar surface area (TPSA) is 124 Å². The number of methoxy groups -OCH3 is 4. The third kappa shape index (κ3) is 16.4. The van der Waals surface area contributed by atoms with Crippen molar-refractivity contribution in [1.82, 2.24) is 0 Å². The van der Waals surface area contributed by atoms with Gasteiger partial charge in [0.2, 0.25) is 0 Å². The molecule has 0 radical (unpaired) electrons. The molecule has 0 heterocycles. The van der Waals surface area contributed by atoms with Crippen molar-refractivity contribution < 1.29 is 47.6 Å². The number of hydrogen-bond donors (Lipinski definition) is 0. The van der Waals surface area contributed by atoms with Crippen LogP contribution in [0.2, 0.25) is 0 Å². The van der Waals surface area contributed by atoms with E-state index in [9.17, 15) is 19.2 Å². The summed E-state index contributed by atoms with van der Waals surface area (Å²) >= 11 is 0. The molecule has 12 rings (SSSR count). The summed E-state index contributed by atoms with van der Waals surface area (Å²) in [7, 11) is 5.73. The number of fused-ring (bicyclic) bond motifs is 20. The van der Waals surface area contributed by atoms with Crippen LogP contribution in [0, 0.1) is 94.7 Å². The van der Waals surface area contributed by atoms with E-state index in [1.165, 1.54) is 65.6 Å². The fourth-order valence-corrected chi connectivity index (χ4v) is 14.9. The number of rotatable bonds is 10. The molecular weight excluding hydrogens is 905 g/mol. The lowest BCUT2D eigenvalue weighted by atomic mass is 9.82. The van der Waals surface area contributed by atoms with Gasteiger partial charge in [-0.1, -0.05) is 74.9 Å². The van der Waals surface area contributed by atoms with E-state index in [-0.39, 0.29) is 11.9 Å². The standard InChI is InChI=1S/4C10H14.C7H12O3.C6H10O3.C5H8O2.C4H6O2/c4*1-2-9-7-4-5-8(6-7)10(9)3-1;1-6(2)7(8)10-5-4-9-3;1-3-6(7)9-5-4-8-2;1-4(2)5(6)7-3;1-3-4(5)6-2/h4*1-2,7-10H,3-6H2;1,4-5H2,2-3H3;3H,1,4-5H2,2H3;1H2,2-3H3;3H,1H2,2H3. The van der Waals surface area contributed by atoms with Crippen molar-refractivity contribution in [2.75, 3.05) is 54.9 Å². The summed E-state index contributed by atoms with van der Waals surface area (Å²) < 4.78 is 26.9. The van der Waals surface area contributed by atoms with Gasteiger partial charge in [0.05, 0.1) is 27.4 Å². The van der Waals surface area contributed by atoms with Crippen LogP contribution in [0.3, 0.4) is 0 Å². The number of esters is 4. The summed E-state index contributed by atoms with van der Waals surface area (Å²) in [4.78, 5) is 41.0. The monoisotopic (exact) mass is 997 g/mol. The maximum Gasteiger partial charge on any atom is 0.333 e. The Hall–Kier alpha value is -4.28. The number of carbonyl (C=O) groups excluding carboxylic acids is 4. The summed E-state index contributed by atoms with van der Waals surface area (Å²) in [5, 5.41) is 0. The highest BCUT2D eigenvalue weighted by Gasteiger charge is 2.49. The fraction of sp³-hybridized carbons (Fsp3) is 0.677. The SMILES string of the molecule is C1=CC2C3CCC(C3)C2C1.C1=CC2C3CCC(C3)C2C1.C1=CC2C3CCC(C3)C2C1.C1=CC2C3CCC(C3)C2C1.C=C(C)C(=O)OC.C=C(C)C(=O)OCCOC.C=CC(=O)OC.C=CC(=O)OCCOC. The van der Waals surface area contributed by atoms with Crippen molar-refractivity contribution in [3.8, 4) is 0 Å². The number of carbonyl (C=O) groups is 4. The third-order valence-electron chi connectivity index (χ3n) is 18.2. The van der Waals surface area contributed by atoms with Crippen LogP contribution in [-0.4, -0.2) is 78.7 Å². The Bertz CT molecular complexity index is 1760. The molecule has 0 N–H and O–H groups in total. The first kappa shape index (κ1) is 58.6. The van der Waals surface area contributed by atoms with E-state index in [2.05, 4.69) is 103 Å². The zero-order chi connectivity index (χ0) is 52.2. The second-order valence-electron chi connectivity index (χ2n) is 22.2.